The van der Waals surface area contributed by atoms with Gasteiger partial charge in [0.2, 0.25) is 5.91 Å². The lowest BCUT2D eigenvalue weighted by Gasteiger charge is -2.25. The van der Waals surface area contributed by atoms with E-state index in [2.05, 4.69) is 0 Å². The molecule has 31 heavy (non-hydrogen) atoms. The van der Waals surface area contributed by atoms with Crippen molar-refractivity contribution in [3.63, 3.8) is 0 Å². The molecule has 2 amide bonds. The topological polar surface area (TPSA) is 84.0 Å². The number of hydrogen-bond donors (Lipinski definition) is 0. The summed E-state index contributed by atoms with van der Waals surface area (Å²) in [7, 11) is -3.97. The Morgan fingerprint density at radius 1 is 1.10 bits per heavy atom. The first-order valence-corrected chi connectivity index (χ1v) is 11.7. The van der Waals surface area contributed by atoms with Crippen LogP contribution >= 0.6 is 0 Å². The van der Waals surface area contributed by atoms with E-state index in [9.17, 15) is 18.0 Å². The fourth-order valence-electron chi connectivity index (χ4n) is 4.29. The van der Waals surface area contributed by atoms with E-state index >= 15 is 0 Å². The number of carbonyl (C=O) groups excluding carboxylic acids is 2. The zero-order valence-electron chi connectivity index (χ0n) is 17.1. The average Bonchev–Trinajstić information content (AvgIpc) is 3.31. The van der Waals surface area contributed by atoms with Crippen LogP contribution in [0.3, 0.4) is 0 Å². The molecule has 162 valence electrons. The second kappa shape index (κ2) is 8.55. The zero-order valence-corrected chi connectivity index (χ0v) is 17.9. The van der Waals surface area contributed by atoms with E-state index < -0.39 is 40.0 Å². The Labute approximate surface area is 182 Å². The highest BCUT2D eigenvalue weighted by Gasteiger charge is 2.56. The van der Waals surface area contributed by atoms with Crippen LogP contribution in [0.2, 0.25) is 0 Å². The Balaban J connectivity index is 1.49. The predicted molar refractivity (Wildman–Crippen MR) is 116 cm³/mol. The SMILES string of the molecule is C[C@@H]1C(=O)N(S(=O)(=O)/C=C/c2ccccc2)[C@H]2CCN(C(=O)OCc3ccccc3)[C@H]12. The third-order valence-corrected chi connectivity index (χ3v) is 7.27. The molecule has 2 aliphatic rings. The van der Waals surface area contributed by atoms with Crippen molar-refractivity contribution in [1.29, 1.82) is 0 Å². The van der Waals surface area contributed by atoms with Crippen molar-refractivity contribution in [3.8, 4) is 0 Å². The lowest BCUT2D eigenvalue weighted by atomic mass is 10.0. The van der Waals surface area contributed by atoms with Crippen molar-refractivity contribution in [2.45, 2.75) is 32.0 Å². The van der Waals surface area contributed by atoms with Gasteiger partial charge in [-0.3, -0.25) is 4.79 Å². The number of carbonyl (C=O) groups is 2. The Morgan fingerprint density at radius 2 is 1.74 bits per heavy atom. The molecule has 0 radical (unpaired) electrons. The van der Waals surface area contributed by atoms with Crippen LogP contribution in [0.5, 0.6) is 0 Å². The smallest absolute Gasteiger partial charge is 0.410 e. The first kappa shape index (κ1) is 21.1. The zero-order chi connectivity index (χ0) is 22.0. The summed E-state index contributed by atoms with van der Waals surface area (Å²) in [6, 6.07) is 17.2. The van der Waals surface area contributed by atoms with Crippen molar-refractivity contribution >= 4 is 28.1 Å². The average molecular weight is 441 g/mol. The first-order valence-electron chi connectivity index (χ1n) is 10.2. The number of ether oxygens (including phenoxy) is 1. The van der Waals surface area contributed by atoms with Gasteiger partial charge in [0.1, 0.15) is 6.61 Å². The number of hydrogen-bond acceptors (Lipinski definition) is 5. The number of fused-ring (bicyclic) bond motifs is 1. The van der Waals surface area contributed by atoms with Gasteiger partial charge >= 0.3 is 6.09 Å². The van der Waals surface area contributed by atoms with Crippen molar-refractivity contribution in [3.05, 3.63) is 77.2 Å². The standard InChI is InChI=1S/C23H24N2O5S/c1-17-21-20(12-14-24(21)23(27)30-16-19-10-6-3-7-11-19)25(22(17)26)31(28,29)15-13-18-8-4-2-5-9-18/h2-11,13,15,17,20-21H,12,14,16H2,1H3/b15-13+/t17-,20-,21+/m0/s1. The summed E-state index contributed by atoms with van der Waals surface area (Å²) in [5.74, 6) is -1.12. The van der Waals surface area contributed by atoms with Crippen LogP contribution in [-0.2, 0) is 26.2 Å². The molecule has 0 saturated carbocycles. The molecule has 2 saturated heterocycles. The molecule has 2 aromatic rings. The maximum Gasteiger partial charge on any atom is 0.410 e. The molecule has 2 heterocycles. The molecule has 4 rings (SSSR count). The number of benzene rings is 2. The summed E-state index contributed by atoms with van der Waals surface area (Å²) in [5.41, 5.74) is 1.58. The Hall–Kier alpha value is -3.13. The molecule has 3 atom stereocenters. The second-order valence-electron chi connectivity index (χ2n) is 7.76. The highest BCUT2D eigenvalue weighted by Crippen LogP contribution is 2.38. The van der Waals surface area contributed by atoms with E-state index in [1.54, 1.807) is 31.2 Å². The summed E-state index contributed by atoms with van der Waals surface area (Å²) in [6.07, 6.45) is 1.33. The van der Waals surface area contributed by atoms with Crippen molar-refractivity contribution in [2.75, 3.05) is 6.54 Å². The minimum absolute atomic E-state index is 0.123. The van der Waals surface area contributed by atoms with Crippen molar-refractivity contribution < 1.29 is 22.7 Å². The van der Waals surface area contributed by atoms with Gasteiger partial charge in [-0.2, -0.15) is 0 Å². The third-order valence-electron chi connectivity index (χ3n) is 5.79. The highest BCUT2D eigenvalue weighted by molar-refractivity contribution is 7.92. The normalized spacial score (nSPS) is 23.4. The quantitative estimate of drug-likeness (QED) is 0.713. The summed E-state index contributed by atoms with van der Waals surface area (Å²) in [5, 5.41) is 1.06. The number of likely N-dealkylation sites (tertiary alicyclic amines) is 1. The minimum Gasteiger partial charge on any atom is -0.445 e. The Kier molecular flexibility index (Phi) is 5.82. The van der Waals surface area contributed by atoms with Crippen LogP contribution in [0.4, 0.5) is 4.79 Å². The van der Waals surface area contributed by atoms with E-state index in [1.807, 2.05) is 36.4 Å². The maximum absolute atomic E-state index is 13.0. The summed E-state index contributed by atoms with van der Waals surface area (Å²) in [4.78, 5) is 27.0. The monoisotopic (exact) mass is 440 g/mol. The molecule has 0 bridgehead atoms. The molecule has 2 aliphatic heterocycles. The maximum atomic E-state index is 13.0. The van der Waals surface area contributed by atoms with Gasteiger partial charge in [0, 0.05) is 6.54 Å². The van der Waals surface area contributed by atoms with E-state index in [0.717, 1.165) is 20.8 Å². The second-order valence-corrected chi connectivity index (χ2v) is 9.46. The number of amides is 2. The number of sulfonamides is 1. The van der Waals surface area contributed by atoms with Crippen molar-refractivity contribution in [1.82, 2.24) is 9.21 Å². The lowest BCUT2D eigenvalue weighted by molar-refractivity contribution is -0.127. The van der Waals surface area contributed by atoms with Gasteiger partial charge in [0.25, 0.3) is 10.0 Å². The van der Waals surface area contributed by atoms with E-state index in [4.69, 9.17) is 4.74 Å². The summed E-state index contributed by atoms with van der Waals surface area (Å²) >= 11 is 0. The van der Waals surface area contributed by atoms with Crippen LogP contribution in [-0.4, -0.2) is 48.3 Å². The molecule has 0 unspecified atom stereocenters. The van der Waals surface area contributed by atoms with Gasteiger partial charge in [-0.1, -0.05) is 67.6 Å². The van der Waals surface area contributed by atoms with Gasteiger partial charge in [0.05, 0.1) is 23.4 Å². The van der Waals surface area contributed by atoms with Gasteiger partial charge in [-0.05, 0) is 23.6 Å². The molecule has 0 aliphatic carbocycles. The van der Waals surface area contributed by atoms with Crippen molar-refractivity contribution in [2.24, 2.45) is 5.92 Å². The predicted octanol–water partition coefficient (Wildman–Crippen LogP) is 3.25. The first-order chi connectivity index (χ1) is 14.9. The van der Waals surface area contributed by atoms with Crippen LogP contribution in [0, 0.1) is 5.92 Å². The van der Waals surface area contributed by atoms with Crippen LogP contribution in [0.25, 0.3) is 6.08 Å². The number of rotatable bonds is 5. The van der Waals surface area contributed by atoms with E-state index in [1.165, 1.54) is 11.0 Å². The van der Waals surface area contributed by atoms with Crippen LogP contribution in [0.15, 0.2) is 66.1 Å². The van der Waals surface area contributed by atoms with Crippen LogP contribution < -0.4 is 0 Å². The molecular formula is C23H24N2O5S. The fourth-order valence-corrected chi connectivity index (χ4v) is 5.78. The Bertz CT molecular complexity index is 1090. The minimum atomic E-state index is -3.97. The molecule has 2 aromatic carbocycles. The summed E-state index contributed by atoms with van der Waals surface area (Å²) in [6.45, 7) is 2.13. The number of nitrogens with zero attached hydrogens (tertiary/aromatic N) is 2. The molecule has 7 nitrogen and oxygen atoms in total. The van der Waals surface area contributed by atoms with Gasteiger partial charge in [-0.25, -0.2) is 17.5 Å². The van der Waals surface area contributed by atoms with Gasteiger partial charge < -0.3 is 9.64 Å². The molecular weight excluding hydrogens is 416 g/mol. The Morgan fingerprint density at radius 3 is 2.42 bits per heavy atom. The van der Waals surface area contributed by atoms with Crippen LogP contribution in [0.1, 0.15) is 24.5 Å². The lowest BCUT2D eigenvalue weighted by Crippen LogP contribution is -2.42. The fraction of sp³-hybridized carbons (Fsp3) is 0.304. The summed E-state index contributed by atoms with van der Waals surface area (Å²) < 4.78 is 32.3. The van der Waals surface area contributed by atoms with Gasteiger partial charge in [-0.15, -0.1) is 0 Å². The molecule has 0 N–H and O–H groups in total. The van der Waals surface area contributed by atoms with E-state index in [0.29, 0.717) is 13.0 Å². The molecule has 2 fully saturated rings. The molecule has 8 heteroatoms. The molecule has 0 aromatic heterocycles. The largest absolute Gasteiger partial charge is 0.445 e. The molecule has 0 spiro atoms. The van der Waals surface area contributed by atoms with E-state index in [-0.39, 0.29) is 6.61 Å². The third kappa shape index (κ3) is 4.20. The highest BCUT2D eigenvalue weighted by atomic mass is 32.2. The van der Waals surface area contributed by atoms with Gasteiger partial charge in [0.15, 0.2) is 0 Å².